The predicted molar refractivity (Wildman–Crippen MR) is 74.4 cm³/mol. The number of hydrogen-bond donors (Lipinski definition) is 2. The van der Waals surface area contributed by atoms with E-state index in [4.69, 9.17) is 26.4 Å². The molecule has 1 fully saturated rings. The van der Waals surface area contributed by atoms with Crippen molar-refractivity contribution in [2.75, 3.05) is 26.4 Å². The second-order valence-electron chi connectivity index (χ2n) is 4.05. The van der Waals surface area contributed by atoms with Gasteiger partial charge in [-0.25, -0.2) is 0 Å². The normalized spacial score (nSPS) is 19.8. The average molecular weight is 276 g/mol. The summed E-state index contributed by atoms with van der Waals surface area (Å²) in [6.45, 7) is 6.48. The fraction of sp³-hybridized carbons (Fsp3) is 0.917. The molecule has 1 saturated heterocycles. The van der Waals surface area contributed by atoms with Crippen molar-refractivity contribution in [3.05, 3.63) is 0 Å². The number of nitrogens with one attached hydrogen (secondary N) is 2. The van der Waals surface area contributed by atoms with E-state index < -0.39 is 0 Å². The molecule has 0 amide bonds. The maximum Gasteiger partial charge on any atom is 0.174 e. The van der Waals surface area contributed by atoms with Gasteiger partial charge in [0.25, 0.3) is 0 Å². The van der Waals surface area contributed by atoms with Crippen LogP contribution >= 0.6 is 12.2 Å². The molecule has 6 heteroatoms. The number of rotatable bonds is 7. The van der Waals surface area contributed by atoms with Gasteiger partial charge in [0.2, 0.25) is 0 Å². The highest BCUT2D eigenvalue weighted by atomic mass is 32.1. The molecule has 5 nitrogen and oxygen atoms in total. The second-order valence-corrected chi connectivity index (χ2v) is 4.46. The van der Waals surface area contributed by atoms with Crippen LogP contribution in [0.4, 0.5) is 0 Å². The molecule has 0 aromatic heterocycles. The molecule has 18 heavy (non-hydrogen) atoms. The van der Waals surface area contributed by atoms with Crippen LogP contribution in [0.5, 0.6) is 0 Å². The van der Waals surface area contributed by atoms with Crippen molar-refractivity contribution in [1.29, 1.82) is 0 Å². The minimum atomic E-state index is -0.257. The van der Waals surface area contributed by atoms with Crippen LogP contribution in [-0.4, -0.2) is 44.0 Å². The molecule has 106 valence electrons. The van der Waals surface area contributed by atoms with Crippen molar-refractivity contribution in [3.8, 4) is 0 Å². The summed E-state index contributed by atoms with van der Waals surface area (Å²) in [4.78, 5) is 0. The van der Waals surface area contributed by atoms with E-state index in [1.54, 1.807) is 0 Å². The van der Waals surface area contributed by atoms with Crippen LogP contribution in [0.1, 0.15) is 33.1 Å². The van der Waals surface area contributed by atoms with Gasteiger partial charge in [0.05, 0.1) is 6.54 Å². The Bertz CT molecular complexity index is 229. The molecule has 0 saturated carbocycles. The zero-order chi connectivity index (χ0) is 13.2. The first-order valence-electron chi connectivity index (χ1n) is 6.65. The topological polar surface area (TPSA) is 51.8 Å². The highest BCUT2D eigenvalue weighted by Gasteiger charge is 2.15. The van der Waals surface area contributed by atoms with Gasteiger partial charge in [0.15, 0.2) is 11.4 Å². The summed E-state index contributed by atoms with van der Waals surface area (Å²) in [7, 11) is 0. The highest BCUT2D eigenvalue weighted by Crippen LogP contribution is 2.09. The van der Waals surface area contributed by atoms with E-state index in [1.165, 1.54) is 6.42 Å². The molecular formula is C12H24N2O3S. The first-order valence-corrected chi connectivity index (χ1v) is 7.06. The molecule has 1 unspecified atom stereocenters. The van der Waals surface area contributed by atoms with Crippen molar-refractivity contribution in [1.82, 2.24) is 10.6 Å². The van der Waals surface area contributed by atoms with Crippen LogP contribution in [0.3, 0.4) is 0 Å². The third-order valence-corrected chi connectivity index (χ3v) is 2.87. The summed E-state index contributed by atoms with van der Waals surface area (Å²) in [5.74, 6) is 0. The Morgan fingerprint density at radius 3 is 2.61 bits per heavy atom. The Labute approximate surface area is 115 Å². The van der Waals surface area contributed by atoms with Crippen molar-refractivity contribution < 1.29 is 14.2 Å². The lowest BCUT2D eigenvalue weighted by Crippen LogP contribution is -2.47. The quantitative estimate of drug-likeness (QED) is 0.541. The molecule has 2 N–H and O–H groups in total. The summed E-state index contributed by atoms with van der Waals surface area (Å²) in [5, 5.41) is 6.82. The van der Waals surface area contributed by atoms with Gasteiger partial charge in [0, 0.05) is 19.8 Å². The van der Waals surface area contributed by atoms with Gasteiger partial charge in [-0.05, 0) is 45.3 Å². The van der Waals surface area contributed by atoms with Crippen LogP contribution in [0.2, 0.25) is 0 Å². The van der Waals surface area contributed by atoms with Gasteiger partial charge in [-0.2, -0.15) is 0 Å². The summed E-state index contributed by atoms with van der Waals surface area (Å²) >= 11 is 5.21. The number of thiocarbonyl (C=S) groups is 1. The Kier molecular flexibility index (Phi) is 8.24. The van der Waals surface area contributed by atoms with Gasteiger partial charge >= 0.3 is 0 Å². The second kappa shape index (κ2) is 9.49. The predicted octanol–water partition coefficient (Wildman–Crippen LogP) is 1.38. The first kappa shape index (κ1) is 15.6. The van der Waals surface area contributed by atoms with E-state index in [0.717, 1.165) is 19.4 Å². The average Bonchev–Trinajstić information content (AvgIpc) is 2.38. The van der Waals surface area contributed by atoms with Crippen molar-refractivity contribution in [2.24, 2.45) is 0 Å². The molecule has 1 aliphatic rings. The zero-order valence-electron chi connectivity index (χ0n) is 11.2. The molecular weight excluding hydrogens is 252 g/mol. The van der Waals surface area contributed by atoms with E-state index in [2.05, 4.69) is 10.6 Å². The van der Waals surface area contributed by atoms with Crippen LogP contribution < -0.4 is 10.6 Å². The van der Waals surface area contributed by atoms with Crippen LogP contribution in [0.15, 0.2) is 0 Å². The van der Waals surface area contributed by atoms with Crippen LogP contribution in [0, 0.1) is 0 Å². The van der Waals surface area contributed by atoms with Gasteiger partial charge in [-0.3, -0.25) is 0 Å². The summed E-state index contributed by atoms with van der Waals surface area (Å²) in [6, 6.07) is 0. The lowest BCUT2D eigenvalue weighted by molar-refractivity contribution is -0.131. The van der Waals surface area contributed by atoms with E-state index in [-0.39, 0.29) is 12.5 Å². The maximum absolute atomic E-state index is 5.55. The molecule has 0 aromatic carbocycles. The first-order chi connectivity index (χ1) is 8.76. The molecule has 0 spiro atoms. The monoisotopic (exact) mass is 276 g/mol. The molecule has 1 atom stereocenters. The standard InChI is InChI=1S/C12H24N2O3S/c1-3-15-11(16-4-2)9-13-12(18)14-10-7-5-6-8-17-10/h10-11H,3-9H2,1-2H3,(H2,13,14,18). The molecule has 1 aliphatic heterocycles. The van der Waals surface area contributed by atoms with Crippen molar-refractivity contribution in [2.45, 2.75) is 45.6 Å². The molecule has 0 bridgehead atoms. The van der Waals surface area contributed by atoms with Gasteiger partial charge < -0.3 is 24.8 Å². The third kappa shape index (κ3) is 6.49. The minimum Gasteiger partial charge on any atom is -0.359 e. The smallest absolute Gasteiger partial charge is 0.174 e. The zero-order valence-corrected chi connectivity index (χ0v) is 12.1. The van der Waals surface area contributed by atoms with Gasteiger partial charge in [-0.1, -0.05) is 0 Å². The van der Waals surface area contributed by atoms with E-state index >= 15 is 0 Å². The molecule has 0 radical (unpaired) electrons. The lowest BCUT2D eigenvalue weighted by Gasteiger charge is -2.25. The Balaban J connectivity index is 2.17. The Hall–Kier alpha value is -0.430. The molecule has 1 heterocycles. The third-order valence-electron chi connectivity index (χ3n) is 2.61. The SMILES string of the molecule is CCOC(CNC(=S)NC1CCCCO1)OCC. The van der Waals surface area contributed by atoms with E-state index in [0.29, 0.717) is 24.9 Å². The van der Waals surface area contributed by atoms with Crippen LogP contribution in [-0.2, 0) is 14.2 Å². The Morgan fingerprint density at radius 2 is 2.06 bits per heavy atom. The number of ether oxygens (including phenoxy) is 3. The van der Waals surface area contributed by atoms with Crippen molar-refractivity contribution in [3.63, 3.8) is 0 Å². The number of hydrogen-bond acceptors (Lipinski definition) is 4. The summed E-state index contributed by atoms with van der Waals surface area (Å²) < 4.78 is 16.4. The fourth-order valence-corrected chi connectivity index (χ4v) is 1.98. The molecule has 1 rings (SSSR count). The van der Waals surface area contributed by atoms with E-state index in [9.17, 15) is 0 Å². The van der Waals surface area contributed by atoms with Gasteiger partial charge in [-0.15, -0.1) is 0 Å². The Morgan fingerprint density at radius 1 is 1.33 bits per heavy atom. The highest BCUT2D eigenvalue weighted by molar-refractivity contribution is 7.80. The maximum atomic E-state index is 5.55. The lowest BCUT2D eigenvalue weighted by atomic mass is 10.2. The molecule has 0 aliphatic carbocycles. The van der Waals surface area contributed by atoms with Crippen LogP contribution in [0.25, 0.3) is 0 Å². The summed E-state index contributed by atoms with van der Waals surface area (Å²) in [6.07, 6.45) is 3.10. The summed E-state index contributed by atoms with van der Waals surface area (Å²) in [5.41, 5.74) is 0. The van der Waals surface area contributed by atoms with Gasteiger partial charge in [0.1, 0.15) is 6.23 Å². The largest absolute Gasteiger partial charge is 0.359 e. The fourth-order valence-electron chi connectivity index (χ4n) is 1.77. The van der Waals surface area contributed by atoms with E-state index in [1.807, 2.05) is 13.8 Å². The van der Waals surface area contributed by atoms with Crippen molar-refractivity contribution >= 4 is 17.3 Å². The molecule has 0 aromatic rings. The minimum absolute atomic E-state index is 0.0383.